The number of nitrogens with one attached hydrogen (secondary N) is 2. The van der Waals surface area contributed by atoms with Crippen molar-refractivity contribution in [3.63, 3.8) is 0 Å². The van der Waals surface area contributed by atoms with Gasteiger partial charge in [-0.25, -0.2) is 13.8 Å². The van der Waals surface area contributed by atoms with Crippen LogP contribution in [0, 0.1) is 25.5 Å². The van der Waals surface area contributed by atoms with E-state index in [4.69, 9.17) is 4.74 Å². The lowest BCUT2D eigenvalue weighted by atomic mass is 10.2. The van der Waals surface area contributed by atoms with Crippen molar-refractivity contribution in [2.75, 3.05) is 17.7 Å². The summed E-state index contributed by atoms with van der Waals surface area (Å²) in [6, 6.07) is 11.1. The predicted octanol–water partition coefficient (Wildman–Crippen LogP) is 4.87. The van der Waals surface area contributed by atoms with Crippen molar-refractivity contribution in [1.82, 2.24) is 9.97 Å². The topological polar surface area (TPSA) is 59.1 Å². The van der Waals surface area contributed by atoms with Crippen LogP contribution in [-0.4, -0.2) is 17.1 Å². The summed E-state index contributed by atoms with van der Waals surface area (Å²) in [5.74, 6) is -0.348. The molecule has 0 spiro atoms. The number of hydrogen-bond acceptors (Lipinski definition) is 5. The first kappa shape index (κ1) is 17.6. The highest BCUT2D eigenvalue weighted by Gasteiger charge is 2.09. The molecule has 0 unspecified atom stereocenters. The zero-order valence-electron chi connectivity index (χ0n) is 14.6. The van der Waals surface area contributed by atoms with E-state index in [1.165, 1.54) is 6.07 Å². The van der Waals surface area contributed by atoms with Crippen LogP contribution in [0.4, 0.5) is 31.9 Å². The highest BCUT2D eigenvalue weighted by molar-refractivity contribution is 5.66. The number of benzene rings is 2. The van der Waals surface area contributed by atoms with Crippen molar-refractivity contribution in [2.45, 2.75) is 13.8 Å². The molecule has 7 heteroatoms. The van der Waals surface area contributed by atoms with E-state index < -0.39 is 11.6 Å². The predicted molar refractivity (Wildman–Crippen MR) is 97.4 cm³/mol. The number of nitrogens with zero attached hydrogens (tertiary/aromatic N) is 2. The van der Waals surface area contributed by atoms with Crippen molar-refractivity contribution in [1.29, 1.82) is 0 Å². The molecule has 0 amide bonds. The van der Waals surface area contributed by atoms with Crippen molar-refractivity contribution in [3.05, 3.63) is 65.4 Å². The second kappa shape index (κ2) is 7.35. The van der Waals surface area contributed by atoms with E-state index in [1.54, 1.807) is 13.2 Å². The number of hydrogen-bond donors (Lipinski definition) is 2. The van der Waals surface area contributed by atoms with Crippen LogP contribution in [0.5, 0.6) is 5.75 Å². The highest BCUT2D eigenvalue weighted by Crippen LogP contribution is 2.28. The van der Waals surface area contributed by atoms with Gasteiger partial charge in [0.05, 0.1) is 12.8 Å². The molecule has 2 aromatic carbocycles. The lowest BCUT2D eigenvalue weighted by molar-refractivity contribution is 0.416. The first-order valence-electron chi connectivity index (χ1n) is 7.94. The number of aryl methyl sites for hydroxylation is 2. The number of methoxy groups -OCH3 is 1. The van der Waals surface area contributed by atoms with Crippen molar-refractivity contribution in [3.8, 4) is 5.75 Å². The molecule has 3 rings (SSSR count). The van der Waals surface area contributed by atoms with Gasteiger partial charge >= 0.3 is 0 Å². The summed E-state index contributed by atoms with van der Waals surface area (Å²) in [6.07, 6.45) is 0. The summed E-state index contributed by atoms with van der Waals surface area (Å²) >= 11 is 0. The lowest BCUT2D eigenvalue weighted by Gasteiger charge is -2.13. The normalized spacial score (nSPS) is 10.5. The quantitative estimate of drug-likeness (QED) is 0.683. The summed E-state index contributed by atoms with van der Waals surface area (Å²) in [5, 5.41) is 6.08. The Balaban J connectivity index is 1.88. The van der Waals surface area contributed by atoms with Crippen LogP contribution in [0.2, 0.25) is 0 Å². The Hall–Kier alpha value is -3.22. The minimum atomic E-state index is -0.939. The second-order valence-electron chi connectivity index (χ2n) is 5.80. The van der Waals surface area contributed by atoms with E-state index in [2.05, 4.69) is 20.6 Å². The maximum Gasteiger partial charge on any atom is 0.229 e. The summed E-state index contributed by atoms with van der Waals surface area (Å²) in [6.45, 7) is 3.79. The average Bonchev–Trinajstić information content (AvgIpc) is 2.58. The summed E-state index contributed by atoms with van der Waals surface area (Å²) in [5.41, 5.74) is 2.90. The number of anilines is 4. The van der Waals surface area contributed by atoms with Crippen LogP contribution < -0.4 is 15.4 Å². The van der Waals surface area contributed by atoms with Crippen molar-refractivity contribution < 1.29 is 13.5 Å². The minimum Gasteiger partial charge on any atom is -0.495 e. The van der Waals surface area contributed by atoms with Crippen LogP contribution >= 0.6 is 0 Å². The molecule has 3 aromatic rings. The van der Waals surface area contributed by atoms with Crippen LogP contribution in [0.15, 0.2) is 42.5 Å². The maximum atomic E-state index is 13.4. The molecule has 1 aromatic heterocycles. The molecule has 0 bridgehead atoms. The standard InChI is InChI=1S/C19H18F2N4O/c1-11-4-7-17(26-3)16(8-11)24-18-9-12(2)22-19(25-18)23-13-5-6-14(20)15(21)10-13/h4-10H,1-3H3,(H2,22,23,24,25). The van der Waals surface area contributed by atoms with Crippen molar-refractivity contribution >= 4 is 23.1 Å². The zero-order valence-corrected chi connectivity index (χ0v) is 14.6. The first-order valence-corrected chi connectivity index (χ1v) is 7.94. The van der Waals surface area contributed by atoms with E-state index in [9.17, 15) is 8.78 Å². The molecule has 134 valence electrons. The fourth-order valence-corrected chi connectivity index (χ4v) is 2.45. The molecule has 26 heavy (non-hydrogen) atoms. The van der Waals surface area contributed by atoms with Gasteiger partial charge in [-0.15, -0.1) is 0 Å². The van der Waals surface area contributed by atoms with Gasteiger partial charge in [0.25, 0.3) is 0 Å². The molecule has 0 atom stereocenters. The summed E-state index contributed by atoms with van der Waals surface area (Å²) in [7, 11) is 1.59. The average molecular weight is 356 g/mol. The monoisotopic (exact) mass is 356 g/mol. The number of ether oxygens (including phenoxy) is 1. The highest BCUT2D eigenvalue weighted by atomic mass is 19.2. The van der Waals surface area contributed by atoms with Crippen LogP contribution in [0.1, 0.15) is 11.3 Å². The van der Waals surface area contributed by atoms with Gasteiger partial charge < -0.3 is 15.4 Å². The number of rotatable bonds is 5. The second-order valence-corrected chi connectivity index (χ2v) is 5.80. The minimum absolute atomic E-state index is 0.269. The van der Waals surface area contributed by atoms with Gasteiger partial charge in [-0.2, -0.15) is 4.98 Å². The fourth-order valence-electron chi connectivity index (χ4n) is 2.45. The van der Waals surface area contributed by atoms with Gasteiger partial charge in [0, 0.05) is 23.5 Å². The third kappa shape index (κ3) is 4.05. The van der Waals surface area contributed by atoms with Gasteiger partial charge in [0.1, 0.15) is 11.6 Å². The number of aromatic nitrogens is 2. The first-order chi connectivity index (χ1) is 12.4. The molecule has 1 heterocycles. The molecular formula is C19H18F2N4O. The van der Waals surface area contributed by atoms with Gasteiger partial charge in [0.2, 0.25) is 5.95 Å². The molecule has 0 fully saturated rings. The van der Waals surface area contributed by atoms with E-state index in [0.29, 0.717) is 22.9 Å². The molecule has 0 aliphatic rings. The lowest BCUT2D eigenvalue weighted by Crippen LogP contribution is -2.03. The van der Waals surface area contributed by atoms with E-state index in [-0.39, 0.29) is 5.95 Å². The fraction of sp³-hybridized carbons (Fsp3) is 0.158. The van der Waals surface area contributed by atoms with Gasteiger partial charge in [0.15, 0.2) is 11.6 Å². The molecule has 2 N–H and O–H groups in total. The largest absolute Gasteiger partial charge is 0.495 e. The molecule has 0 aliphatic heterocycles. The van der Waals surface area contributed by atoms with Gasteiger partial charge in [-0.05, 0) is 43.7 Å². The summed E-state index contributed by atoms with van der Waals surface area (Å²) < 4.78 is 31.8. The van der Waals surface area contributed by atoms with Crippen LogP contribution in [0.3, 0.4) is 0 Å². The molecule has 0 aliphatic carbocycles. The van der Waals surface area contributed by atoms with Gasteiger partial charge in [-0.1, -0.05) is 6.07 Å². The molecule has 5 nitrogen and oxygen atoms in total. The Labute approximate surface area is 150 Å². The smallest absolute Gasteiger partial charge is 0.229 e. The molecule has 0 radical (unpaired) electrons. The van der Waals surface area contributed by atoms with E-state index in [1.807, 2.05) is 32.0 Å². The van der Waals surface area contributed by atoms with Crippen molar-refractivity contribution in [2.24, 2.45) is 0 Å². The summed E-state index contributed by atoms with van der Waals surface area (Å²) in [4.78, 5) is 8.65. The number of halogens is 2. The van der Waals surface area contributed by atoms with Crippen LogP contribution in [0.25, 0.3) is 0 Å². The van der Waals surface area contributed by atoms with E-state index in [0.717, 1.165) is 23.4 Å². The van der Waals surface area contributed by atoms with E-state index >= 15 is 0 Å². The third-order valence-corrected chi connectivity index (χ3v) is 3.65. The molecule has 0 saturated carbocycles. The Morgan fingerprint density at radius 3 is 2.42 bits per heavy atom. The zero-order chi connectivity index (χ0) is 18.7. The third-order valence-electron chi connectivity index (χ3n) is 3.65. The SMILES string of the molecule is COc1ccc(C)cc1Nc1cc(C)nc(Nc2ccc(F)c(F)c2)n1. The Morgan fingerprint density at radius 2 is 1.69 bits per heavy atom. The maximum absolute atomic E-state index is 13.4. The Bertz CT molecular complexity index is 947. The Morgan fingerprint density at radius 1 is 0.885 bits per heavy atom. The van der Waals surface area contributed by atoms with Gasteiger partial charge in [-0.3, -0.25) is 0 Å². The molecule has 0 saturated heterocycles. The Kier molecular flexibility index (Phi) is 4.97. The van der Waals surface area contributed by atoms with Crippen LogP contribution in [-0.2, 0) is 0 Å². The molecular weight excluding hydrogens is 338 g/mol.